The summed E-state index contributed by atoms with van der Waals surface area (Å²) in [6.07, 6.45) is 8.12. The highest BCUT2D eigenvalue weighted by Crippen LogP contribution is 2.20. The molecule has 0 aromatic carbocycles. The van der Waals surface area contributed by atoms with Gasteiger partial charge < -0.3 is 4.90 Å². The predicted octanol–water partition coefficient (Wildman–Crippen LogP) is 2.57. The van der Waals surface area contributed by atoms with Crippen LogP contribution in [-0.2, 0) is 0 Å². The quantitative estimate of drug-likeness (QED) is 0.542. The Morgan fingerprint density at radius 3 is 2.56 bits per heavy atom. The lowest BCUT2D eigenvalue weighted by Gasteiger charge is -2.32. The van der Waals surface area contributed by atoms with Gasteiger partial charge in [-0.15, -0.1) is 11.6 Å². The molecule has 16 heavy (non-hydrogen) atoms. The van der Waals surface area contributed by atoms with Gasteiger partial charge in [0.2, 0.25) is 0 Å². The van der Waals surface area contributed by atoms with Gasteiger partial charge in [-0.1, -0.05) is 6.42 Å². The van der Waals surface area contributed by atoms with Crippen molar-refractivity contribution in [3.8, 4) is 0 Å². The lowest BCUT2D eigenvalue weighted by Crippen LogP contribution is -2.40. The fourth-order valence-corrected chi connectivity index (χ4v) is 3.22. The molecule has 0 radical (unpaired) electrons. The summed E-state index contributed by atoms with van der Waals surface area (Å²) < 4.78 is 0. The molecule has 0 amide bonds. The number of unbranched alkanes of at least 4 members (excludes halogenated alkanes) is 1. The van der Waals surface area contributed by atoms with Crippen molar-refractivity contribution in [2.24, 2.45) is 0 Å². The summed E-state index contributed by atoms with van der Waals surface area (Å²) in [6, 6.07) is 0.858. The molecule has 3 heteroatoms. The summed E-state index contributed by atoms with van der Waals surface area (Å²) in [4.78, 5) is 5.36. The summed E-state index contributed by atoms with van der Waals surface area (Å²) in [5.74, 6) is 0.823. The average molecular weight is 245 g/mol. The van der Waals surface area contributed by atoms with Gasteiger partial charge >= 0.3 is 0 Å². The third kappa shape index (κ3) is 3.61. The number of rotatable bonds is 5. The van der Waals surface area contributed by atoms with Crippen LogP contribution in [0, 0.1) is 0 Å². The number of hydrogen-bond acceptors (Lipinski definition) is 2. The Bertz CT molecular complexity index is 192. The van der Waals surface area contributed by atoms with E-state index < -0.39 is 0 Å². The maximum Gasteiger partial charge on any atom is 0.0235 e. The van der Waals surface area contributed by atoms with Gasteiger partial charge in [0.05, 0.1) is 0 Å². The maximum absolute atomic E-state index is 5.71. The molecular weight excluding hydrogens is 220 g/mol. The van der Waals surface area contributed by atoms with Gasteiger partial charge in [-0.25, -0.2) is 0 Å². The number of piperidine rings is 1. The van der Waals surface area contributed by atoms with Crippen molar-refractivity contribution in [3.05, 3.63) is 0 Å². The van der Waals surface area contributed by atoms with E-state index in [9.17, 15) is 0 Å². The molecule has 0 aromatic heterocycles. The van der Waals surface area contributed by atoms with Crippen LogP contribution in [0.1, 0.15) is 38.5 Å². The molecule has 2 saturated heterocycles. The van der Waals surface area contributed by atoms with Crippen LogP contribution in [0.2, 0.25) is 0 Å². The van der Waals surface area contributed by atoms with Crippen molar-refractivity contribution in [1.29, 1.82) is 0 Å². The molecule has 0 N–H and O–H groups in total. The Morgan fingerprint density at radius 2 is 1.81 bits per heavy atom. The summed E-state index contributed by atoms with van der Waals surface area (Å²) in [5.41, 5.74) is 0. The first-order valence-electron chi connectivity index (χ1n) is 6.92. The number of nitrogens with zero attached hydrogens (tertiary/aromatic N) is 2. The monoisotopic (exact) mass is 244 g/mol. The van der Waals surface area contributed by atoms with E-state index in [1.807, 2.05) is 0 Å². The minimum Gasteiger partial charge on any atom is -0.302 e. The smallest absolute Gasteiger partial charge is 0.0235 e. The van der Waals surface area contributed by atoms with Gasteiger partial charge in [-0.2, -0.15) is 0 Å². The van der Waals surface area contributed by atoms with E-state index in [-0.39, 0.29) is 0 Å². The normalized spacial score (nSPS) is 28.7. The van der Waals surface area contributed by atoms with Crippen LogP contribution in [0.5, 0.6) is 0 Å². The Labute approximate surface area is 105 Å². The number of hydrogen-bond donors (Lipinski definition) is 0. The van der Waals surface area contributed by atoms with E-state index in [1.165, 1.54) is 71.2 Å². The van der Waals surface area contributed by atoms with Gasteiger partial charge in [0.25, 0.3) is 0 Å². The van der Waals surface area contributed by atoms with Crippen molar-refractivity contribution < 1.29 is 0 Å². The van der Waals surface area contributed by atoms with Crippen LogP contribution in [0.15, 0.2) is 0 Å². The van der Waals surface area contributed by atoms with Gasteiger partial charge in [0.15, 0.2) is 0 Å². The highest BCUT2D eigenvalue weighted by atomic mass is 35.5. The Hall–Kier alpha value is 0.210. The van der Waals surface area contributed by atoms with Crippen molar-refractivity contribution in [3.63, 3.8) is 0 Å². The minimum atomic E-state index is 0.823. The highest BCUT2D eigenvalue weighted by molar-refractivity contribution is 6.17. The first-order chi connectivity index (χ1) is 7.90. The fourth-order valence-electron chi connectivity index (χ4n) is 3.03. The van der Waals surface area contributed by atoms with Crippen LogP contribution in [-0.4, -0.2) is 54.4 Å². The zero-order valence-corrected chi connectivity index (χ0v) is 11.1. The topological polar surface area (TPSA) is 6.48 Å². The van der Waals surface area contributed by atoms with E-state index in [2.05, 4.69) is 9.80 Å². The van der Waals surface area contributed by atoms with Gasteiger partial charge in [-0.3, -0.25) is 4.90 Å². The highest BCUT2D eigenvalue weighted by Gasteiger charge is 2.27. The van der Waals surface area contributed by atoms with Gasteiger partial charge in [0, 0.05) is 18.5 Å². The van der Waals surface area contributed by atoms with E-state index in [4.69, 9.17) is 11.6 Å². The lowest BCUT2D eigenvalue weighted by molar-refractivity contribution is 0.162. The van der Waals surface area contributed by atoms with E-state index >= 15 is 0 Å². The Morgan fingerprint density at radius 1 is 1.00 bits per heavy atom. The fraction of sp³-hybridized carbons (Fsp3) is 1.00. The number of likely N-dealkylation sites (tertiary alicyclic amines) is 2. The first-order valence-corrected chi connectivity index (χ1v) is 7.46. The molecule has 2 nitrogen and oxygen atoms in total. The molecule has 0 spiro atoms. The molecule has 2 heterocycles. The van der Waals surface area contributed by atoms with E-state index in [1.54, 1.807) is 0 Å². The molecule has 2 aliphatic rings. The van der Waals surface area contributed by atoms with Crippen LogP contribution in [0.4, 0.5) is 0 Å². The van der Waals surface area contributed by atoms with Gasteiger partial charge in [0.1, 0.15) is 0 Å². The van der Waals surface area contributed by atoms with Crippen LogP contribution in [0.25, 0.3) is 0 Å². The molecule has 1 unspecified atom stereocenters. The van der Waals surface area contributed by atoms with Crippen LogP contribution >= 0.6 is 11.6 Å². The molecule has 2 rings (SSSR count). The summed E-state index contributed by atoms with van der Waals surface area (Å²) in [7, 11) is 0. The molecule has 0 saturated carbocycles. The standard InChI is InChI=1S/C13H25ClN2/c14-7-2-5-8-15-11-6-13(12-15)16-9-3-1-4-10-16/h13H,1-12H2. The minimum absolute atomic E-state index is 0.823. The zero-order valence-electron chi connectivity index (χ0n) is 10.3. The second-order valence-electron chi connectivity index (χ2n) is 5.24. The molecule has 2 fully saturated rings. The molecule has 1 atom stereocenters. The average Bonchev–Trinajstić information content (AvgIpc) is 2.79. The molecule has 0 aliphatic carbocycles. The molecule has 0 bridgehead atoms. The molecule has 94 valence electrons. The van der Waals surface area contributed by atoms with E-state index in [0.717, 1.165) is 11.9 Å². The number of halogens is 1. The first kappa shape index (κ1) is 12.7. The third-order valence-corrected chi connectivity index (χ3v) is 4.28. The van der Waals surface area contributed by atoms with Crippen molar-refractivity contribution in [2.75, 3.05) is 38.6 Å². The Balaban J connectivity index is 1.66. The largest absolute Gasteiger partial charge is 0.302 e. The maximum atomic E-state index is 5.71. The zero-order chi connectivity index (χ0) is 11.2. The predicted molar refractivity (Wildman–Crippen MR) is 70.2 cm³/mol. The van der Waals surface area contributed by atoms with Crippen molar-refractivity contribution >= 4 is 11.6 Å². The van der Waals surface area contributed by atoms with Crippen LogP contribution < -0.4 is 0 Å². The second-order valence-corrected chi connectivity index (χ2v) is 5.61. The molecule has 2 aliphatic heterocycles. The van der Waals surface area contributed by atoms with Gasteiger partial charge in [-0.05, 0) is 58.3 Å². The van der Waals surface area contributed by atoms with Crippen molar-refractivity contribution in [2.45, 2.75) is 44.6 Å². The molecule has 0 aromatic rings. The lowest BCUT2D eigenvalue weighted by atomic mass is 10.1. The number of alkyl halides is 1. The molecular formula is C13H25ClN2. The summed E-state index contributed by atoms with van der Waals surface area (Å²) >= 11 is 5.71. The second kappa shape index (κ2) is 6.83. The van der Waals surface area contributed by atoms with E-state index in [0.29, 0.717) is 0 Å². The summed E-state index contributed by atoms with van der Waals surface area (Å²) in [5, 5.41) is 0. The SMILES string of the molecule is ClCCCCN1CCC(N2CCCCC2)C1. The third-order valence-electron chi connectivity index (χ3n) is 4.01. The Kier molecular flexibility index (Phi) is 5.40. The van der Waals surface area contributed by atoms with Crippen molar-refractivity contribution in [1.82, 2.24) is 9.80 Å². The summed E-state index contributed by atoms with van der Waals surface area (Å²) in [6.45, 7) is 6.57. The van der Waals surface area contributed by atoms with Crippen LogP contribution in [0.3, 0.4) is 0 Å².